The standard InChI is InChI=1S/C12H17ClN2/c1-12(2)3-4-15(9-12)8-10-5-11(13)7-14-6-10/h5-7H,3-4,8-9H2,1-2H3. The molecule has 82 valence electrons. The van der Waals surface area contributed by atoms with Crippen molar-refractivity contribution in [3.8, 4) is 0 Å². The molecule has 0 amide bonds. The van der Waals surface area contributed by atoms with Gasteiger partial charge in [0.25, 0.3) is 0 Å². The van der Waals surface area contributed by atoms with Crippen LogP contribution >= 0.6 is 11.6 Å². The Labute approximate surface area is 96.3 Å². The summed E-state index contributed by atoms with van der Waals surface area (Å²) in [4.78, 5) is 6.57. The zero-order valence-electron chi connectivity index (χ0n) is 9.33. The van der Waals surface area contributed by atoms with Gasteiger partial charge in [-0.1, -0.05) is 25.4 Å². The molecule has 2 rings (SSSR count). The number of aromatic nitrogens is 1. The van der Waals surface area contributed by atoms with E-state index in [1.54, 1.807) is 6.20 Å². The van der Waals surface area contributed by atoms with Crippen LogP contribution in [0.25, 0.3) is 0 Å². The van der Waals surface area contributed by atoms with Crippen molar-refractivity contribution in [2.24, 2.45) is 5.41 Å². The quantitative estimate of drug-likeness (QED) is 0.768. The van der Waals surface area contributed by atoms with E-state index in [-0.39, 0.29) is 0 Å². The zero-order chi connectivity index (χ0) is 10.9. The Hall–Kier alpha value is -0.600. The van der Waals surface area contributed by atoms with Gasteiger partial charge < -0.3 is 0 Å². The van der Waals surface area contributed by atoms with Crippen LogP contribution in [0.5, 0.6) is 0 Å². The molecule has 15 heavy (non-hydrogen) atoms. The molecule has 1 aliphatic heterocycles. The molecule has 1 aromatic heterocycles. The maximum atomic E-state index is 5.91. The summed E-state index contributed by atoms with van der Waals surface area (Å²) in [5.74, 6) is 0. The molecular formula is C12H17ClN2. The molecule has 1 saturated heterocycles. The highest BCUT2D eigenvalue weighted by atomic mass is 35.5. The summed E-state index contributed by atoms with van der Waals surface area (Å²) in [5.41, 5.74) is 1.67. The van der Waals surface area contributed by atoms with Gasteiger partial charge in [0.2, 0.25) is 0 Å². The lowest BCUT2D eigenvalue weighted by Gasteiger charge is -2.19. The fourth-order valence-corrected chi connectivity index (χ4v) is 2.36. The second kappa shape index (κ2) is 4.11. The van der Waals surface area contributed by atoms with Crippen molar-refractivity contribution in [2.45, 2.75) is 26.8 Å². The molecule has 0 aromatic carbocycles. The van der Waals surface area contributed by atoms with Crippen molar-refractivity contribution >= 4 is 11.6 Å². The van der Waals surface area contributed by atoms with Crippen molar-refractivity contribution in [3.05, 3.63) is 29.0 Å². The summed E-state index contributed by atoms with van der Waals surface area (Å²) in [6.07, 6.45) is 4.86. The molecule has 0 N–H and O–H groups in total. The van der Waals surface area contributed by atoms with E-state index < -0.39 is 0 Å². The lowest BCUT2D eigenvalue weighted by molar-refractivity contribution is 0.284. The number of pyridine rings is 1. The van der Waals surface area contributed by atoms with Gasteiger partial charge in [0.05, 0.1) is 5.02 Å². The first kappa shape index (κ1) is 10.9. The number of halogens is 1. The Morgan fingerprint density at radius 1 is 1.47 bits per heavy atom. The van der Waals surface area contributed by atoms with E-state index in [0.717, 1.165) is 11.6 Å². The topological polar surface area (TPSA) is 16.1 Å². The molecular weight excluding hydrogens is 208 g/mol. The number of hydrogen-bond acceptors (Lipinski definition) is 2. The lowest BCUT2D eigenvalue weighted by Crippen LogP contribution is -2.22. The predicted molar refractivity (Wildman–Crippen MR) is 62.9 cm³/mol. The number of nitrogens with zero attached hydrogens (tertiary/aromatic N) is 2. The van der Waals surface area contributed by atoms with E-state index in [2.05, 4.69) is 23.7 Å². The molecule has 0 aliphatic carbocycles. The average molecular weight is 225 g/mol. The first-order valence-electron chi connectivity index (χ1n) is 5.37. The molecule has 3 heteroatoms. The van der Waals surface area contributed by atoms with Gasteiger partial charge in [-0.15, -0.1) is 0 Å². The third-order valence-electron chi connectivity index (χ3n) is 2.92. The Morgan fingerprint density at radius 2 is 2.27 bits per heavy atom. The summed E-state index contributed by atoms with van der Waals surface area (Å²) < 4.78 is 0. The van der Waals surface area contributed by atoms with Crippen LogP contribution in [0.1, 0.15) is 25.8 Å². The van der Waals surface area contributed by atoms with Gasteiger partial charge >= 0.3 is 0 Å². The monoisotopic (exact) mass is 224 g/mol. The maximum absolute atomic E-state index is 5.91. The van der Waals surface area contributed by atoms with Gasteiger partial charge in [-0.2, -0.15) is 0 Å². The van der Waals surface area contributed by atoms with Crippen LogP contribution in [0.15, 0.2) is 18.5 Å². The van der Waals surface area contributed by atoms with Gasteiger partial charge in [0, 0.05) is 25.5 Å². The molecule has 0 bridgehead atoms. The summed E-state index contributed by atoms with van der Waals surface area (Å²) in [6, 6.07) is 2.00. The highest BCUT2D eigenvalue weighted by Crippen LogP contribution is 2.29. The van der Waals surface area contributed by atoms with E-state index in [1.165, 1.54) is 25.1 Å². The fraction of sp³-hybridized carbons (Fsp3) is 0.583. The minimum atomic E-state index is 0.464. The normalized spacial score (nSPS) is 20.7. The molecule has 0 saturated carbocycles. The first-order valence-corrected chi connectivity index (χ1v) is 5.75. The van der Waals surface area contributed by atoms with Gasteiger partial charge in [0.15, 0.2) is 0 Å². The molecule has 0 radical (unpaired) electrons. The highest BCUT2D eigenvalue weighted by Gasteiger charge is 2.28. The van der Waals surface area contributed by atoms with Gasteiger partial charge in [-0.25, -0.2) is 0 Å². The summed E-state index contributed by atoms with van der Waals surface area (Å²) in [7, 11) is 0. The number of likely N-dealkylation sites (tertiary alicyclic amines) is 1. The molecule has 0 atom stereocenters. The molecule has 1 aromatic rings. The van der Waals surface area contributed by atoms with Crippen LogP contribution in [0, 0.1) is 5.41 Å². The van der Waals surface area contributed by atoms with Crippen LogP contribution in [-0.4, -0.2) is 23.0 Å². The molecule has 0 spiro atoms. The fourth-order valence-electron chi connectivity index (χ4n) is 2.16. The van der Waals surface area contributed by atoms with Crippen LogP contribution < -0.4 is 0 Å². The third kappa shape index (κ3) is 2.93. The molecule has 2 nitrogen and oxygen atoms in total. The Bertz CT molecular complexity index is 349. The van der Waals surface area contributed by atoms with Gasteiger partial charge in [-0.05, 0) is 30.0 Å². The Kier molecular flexibility index (Phi) is 2.98. The van der Waals surface area contributed by atoms with E-state index in [0.29, 0.717) is 5.41 Å². The molecule has 0 unspecified atom stereocenters. The van der Waals surface area contributed by atoms with E-state index in [4.69, 9.17) is 11.6 Å². The smallest absolute Gasteiger partial charge is 0.0592 e. The Balaban J connectivity index is 1.99. The van der Waals surface area contributed by atoms with E-state index >= 15 is 0 Å². The second-order valence-corrected chi connectivity index (χ2v) is 5.57. The van der Waals surface area contributed by atoms with Crippen molar-refractivity contribution in [1.29, 1.82) is 0 Å². The summed E-state index contributed by atoms with van der Waals surface area (Å²) in [6.45, 7) is 7.96. The maximum Gasteiger partial charge on any atom is 0.0592 e. The van der Waals surface area contributed by atoms with E-state index in [9.17, 15) is 0 Å². The first-order chi connectivity index (χ1) is 7.05. The minimum Gasteiger partial charge on any atom is -0.298 e. The van der Waals surface area contributed by atoms with Gasteiger partial charge in [0.1, 0.15) is 0 Å². The third-order valence-corrected chi connectivity index (χ3v) is 3.13. The van der Waals surface area contributed by atoms with Crippen molar-refractivity contribution < 1.29 is 0 Å². The second-order valence-electron chi connectivity index (χ2n) is 5.14. The van der Waals surface area contributed by atoms with Crippen LogP contribution in [0.3, 0.4) is 0 Å². The summed E-state index contributed by atoms with van der Waals surface area (Å²) in [5, 5.41) is 0.728. The van der Waals surface area contributed by atoms with Crippen molar-refractivity contribution in [2.75, 3.05) is 13.1 Å². The average Bonchev–Trinajstić information content (AvgIpc) is 2.45. The van der Waals surface area contributed by atoms with E-state index in [1.807, 2.05) is 12.3 Å². The van der Waals surface area contributed by atoms with Gasteiger partial charge in [-0.3, -0.25) is 9.88 Å². The van der Waals surface area contributed by atoms with Crippen molar-refractivity contribution in [1.82, 2.24) is 9.88 Å². The lowest BCUT2D eigenvalue weighted by atomic mass is 9.93. The van der Waals surface area contributed by atoms with Crippen LogP contribution in [-0.2, 0) is 6.54 Å². The SMILES string of the molecule is CC1(C)CCN(Cc2cncc(Cl)c2)C1. The van der Waals surface area contributed by atoms with Crippen LogP contribution in [0.4, 0.5) is 0 Å². The molecule has 1 aliphatic rings. The zero-order valence-corrected chi connectivity index (χ0v) is 10.1. The summed E-state index contributed by atoms with van der Waals surface area (Å²) >= 11 is 5.91. The highest BCUT2D eigenvalue weighted by molar-refractivity contribution is 6.30. The van der Waals surface area contributed by atoms with Crippen LogP contribution in [0.2, 0.25) is 5.02 Å². The van der Waals surface area contributed by atoms with Crippen molar-refractivity contribution in [3.63, 3.8) is 0 Å². The largest absolute Gasteiger partial charge is 0.298 e. The Morgan fingerprint density at radius 3 is 2.87 bits per heavy atom. The minimum absolute atomic E-state index is 0.464. The molecule has 2 heterocycles. The number of hydrogen-bond donors (Lipinski definition) is 0. The number of rotatable bonds is 2. The predicted octanol–water partition coefficient (Wildman–Crippen LogP) is 2.97. The molecule has 1 fully saturated rings.